The molecule has 2 heterocycles. The van der Waals surface area contributed by atoms with Crippen LogP contribution < -0.4 is 16.0 Å². The topological polar surface area (TPSA) is 96.2 Å². The average Bonchev–Trinajstić information content (AvgIpc) is 3.00. The van der Waals surface area contributed by atoms with Crippen molar-refractivity contribution < 1.29 is 4.79 Å². The third kappa shape index (κ3) is 4.24. The van der Waals surface area contributed by atoms with Crippen molar-refractivity contribution in [2.75, 3.05) is 20.6 Å². The van der Waals surface area contributed by atoms with Gasteiger partial charge in [0.1, 0.15) is 5.82 Å². The Morgan fingerprint density at radius 2 is 2.21 bits per heavy atom. The second kappa shape index (κ2) is 7.63. The third-order valence-electron chi connectivity index (χ3n) is 4.32. The summed E-state index contributed by atoms with van der Waals surface area (Å²) in [7, 11) is 3.39. The van der Waals surface area contributed by atoms with Crippen LogP contribution in [-0.2, 0) is 24.2 Å². The maximum atomic E-state index is 11.9. The number of nitrogens with zero attached hydrogens (tertiary/aromatic N) is 4. The molecule has 24 heavy (non-hydrogen) atoms. The molecule has 1 aromatic heterocycles. The van der Waals surface area contributed by atoms with Crippen molar-refractivity contribution in [1.29, 1.82) is 0 Å². The summed E-state index contributed by atoms with van der Waals surface area (Å²) in [5, 5.41) is 13.9. The monoisotopic (exact) mass is 335 g/mol. The molecule has 1 atom stereocenters. The number of hydrogen-bond donors (Lipinski definition) is 3. The minimum Gasteiger partial charge on any atom is -0.359 e. The van der Waals surface area contributed by atoms with E-state index in [1.165, 1.54) is 0 Å². The number of carbonyl (C=O) groups is 1. The summed E-state index contributed by atoms with van der Waals surface area (Å²) >= 11 is 0. The molecule has 0 fully saturated rings. The van der Waals surface area contributed by atoms with E-state index in [0.717, 1.165) is 37.5 Å². The number of carbonyl (C=O) groups excluding carboxylic acids is 1. The van der Waals surface area contributed by atoms with E-state index < -0.39 is 5.41 Å². The number of guanidine groups is 1. The Morgan fingerprint density at radius 3 is 2.83 bits per heavy atom. The SMILES string of the molecule is CCc1nc2n(n1)CC(NC(=NC)NCC(C)(C)C(=O)NC)CC2. The van der Waals surface area contributed by atoms with Crippen LogP contribution in [-0.4, -0.2) is 53.3 Å². The van der Waals surface area contributed by atoms with Gasteiger partial charge in [-0.05, 0) is 20.3 Å². The lowest BCUT2D eigenvalue weighted by atomic mass is 9.92. The third-order valence-corrected chi connectivity index (χ3v) is 4.32. The molecule has 2 rings (SSSR count). The smallest absolute Gasteiger partial charge is 0.227 e. The summed E-state index contributed by atoms with van der Waals surface area (Å²) in [6.45, 7) is 7.16. The van der Waals surface area contributed by atoms with E-state index in [1.807, 2.05) is 18.5 Å². The van der Waals surface area contributed by atoms with Crippen LogP contribution in [0.4, 0.5) is 0 Å². The number of aromatic nitrogens is 3. The van der Waals surface area contributed by atoms with Crippen LogP contribution in [0.1, 0.15) is 38.8 Å². The maximum absolute atomic E-state index is 11.9. The first-order valence-electron chi connectivity index (χ1n) is 8.51. The molecular weight excluding hydrogens is 306 g/mol. The number of fused-ring (bicyclic) bond motifs is 1. The lowest BCUT2D eigenvalue weighted by Gasteiger charge is -2.28. The van der Waals surface area contributed by atoms with Crippen molar-refractivity contribution in [3.8, 4) is 0 Å². The highest BCUT2D eigenvalue weighted by molar-refractivity contribution is 5.84. The molecule has 0 saturated carbocycles. The van der Waals surface area contributed by atoms with Crippen LogP contribution in [0.5, 0.6) is 0 Å². The van der Waals surface area contributed by atoms with E-state index in [1.54, 1.807) is 14.1 Å². The van der Waals surface area contributed by atoms with Gasteiger partial charge in [0.2, 0.25) is 5.91 Å². The lowest BCUT2D eigenvalue weighted by Crippen LogP contribution is -2.51. The summed E-state index contributed by atoms with van der Waals surface area (Å²) in [5.41, 5.74) is -0.506. The van der Waals surface area contributed by atoms with Crippen molar-refractivity contribution in [1.82, 2.24) is 30.7 Å². The zero-order chi connectivity index (χ0) is 17.7. The standard InChI is InChI=1S/C16H29N7O/c1-6-12-21-13-8-7-11(9-23(13)22-12)20-15(18-5)19-10-16(2,3)14(24)17-4/h11H,6-10H2,1-5H3,(H,17,24)(H2,18,19,20). The maximum Gasteiger partial charge on any atom is 0.227 e. The van der Waals surface area contributed by atoms with E-state index in [2.05, 4.69) is 37.9 Å². The van der Waals surface area contributed by atoms with Gasteiger partial charge >= 0.3 is 0 Å². The van der Waals surface area contributed by atoms with Gasteiger partial charge in [0.25, 0.3) is 0 Å². The number of amides is 1. The predicted octanol–water partition coefficient (Wildman–Crippen LogP) is 0.0925. The van der Waals surface area contributed by atoms with Gasteiger partial charge in [-0.2, -0.15) is 5.10 Å². The van der Waals surface area contributed by atoms with Crippen LogP contribution in [0.3, 0.4) is 0 Å². The molecule has 0 saturated heterocycles. The normalized spacial score (nSPS) is 18.0. The second-order valence-corrected chi connectivity index (χ2v) is 6.75. The Kier molecular flexibility index (Phi) is 5.80. The van der Waals surface area contributed by atoms with E-state index in [0.29, 0.717) is 12.5 Å². The Hall–Kier alpha value is -2.12. The van der Waals surface area contributed by atoms with Gasteiger partial charge in [-0.3, -0.25) is 9.79 Å². The highest BCUT2D eigenvalue weighted by atomic mass is 16.2. The number of aliphatic imine (C=N–C) groups is 1. The average molecular weight is 335 g/mol. The molecule has 0 aromatic carbocycles. The quantitative estimate of drug-likeness (QED) is 0.524. The fourth-order valence-electron chi connectivity index (χ4n) is 2.74. The van der Waals surface area contributed by atoms with E-state index >= 15 is 0 Å². The van der Waals surface area contributed by atoms with Crippen LogP contribution in [0.2, 0.25) is 0 Å². The predicted molar refractivity (Wildman–Crippen MR) is 93.9 cm³/mol. The number of rotatable bonds is 5. The zero-order valence-corrected chi connectivity index (χ0v) is 15.3. The van der Waals surface area contributed by atoms with Gasteiger partial charge in [-0.15, -0.1) is 0 Å². The van der Waals surface area contributed by atoms with Crippen LogP contribution >= 0.6 is 0 Å². The van der Waals surface area contributed by atoms with Crippen molar-refractivity contribution in [2.45, 2.75) is 52.6 Å². The van der Waals surface area contributed by atoms with Gasteiger partial charge in [0.15, 0.2) is 11.8 Å². The molecule has 134 valence electrons. The van der Waals surface area contributed by atoms with Gasteiger partial charge in [0, 0.05) is 39.5 Å². The van der Waals surface area contributed by atoms with E-state index in [9.17, 15) is 4.79 Å². The highest BCUT2D eigenvalue weighted by Gasteiger charge is 2.27. The van der Waals surface area contributed by atoms with Crippen LogP contribution in [0.15, 0.2) is 4.99 Å². The molecule has 1 aromatic rings. The van der Waals surface area contributed by atoms with Crippen molar-refractivity contribution in [3.63, 3.8) is 0 Å². The Labute approximate surface area is 143 Å². The van der Waals surface area contributed by atoms with Gasteiger partial charge < -0.3 is 16.0 Å². The molecule has 8 heteroatoms. The van der Waals surface area contributed by atoms with Crippen molar-refractivity contribution in [2.24, 2.45) is 10.4 Å². The van der Waals surface area contributed by atoms with Crippen LogP contribution in [0, 0.1) is 5.41 Å². The summed E-state index contributed by atoms with van der Waals surface area (Å²) in [6, 6.07) is 0.248. The molecular formula is C16H29N7O. The fourth-order valence-corrected chi connectivity index (χ4v) is 2.74. The first kappa shape index (κ1) is 18.2. The number of hydrogen-bond acceptors (Lipinski definition) is 4. The molecule has 1 aliphatic rings. The Balaban J connectivity index is 1.91. The van der Waals surface area contributed by atoms with Crippen molar-refractivity contribution >= 4 is 11.9 Å². The molecule has 1 unspecified atom stereocenters. The van der Waals surface area contributed by atoms with Crippen LogP contribution in [0.25, 0.3) is 0 Å². The molecule has 3 N–H and O–H groups in total. The molecule has 0 radical (unpaired) electrons. The van der Waals surface area contributed by atoms with Crippen molar-refractivity contribution in [3.05, 3.63) is 11.6 Å². The first-order valence-corrected chi connectivity index (χ1v) is 8.51. The second-order valence-electron chi connectivity index (χ2n) is 6.75. The molecule has 1 amide bonds. The van der Waals surface area contributed by atoms with E-state index in [4.69, 9.17) is 0 Å². The van der Waals surface area contributed by atoms with Gasteiger partial charge in [0.05, 0.1) is 12.0 Å². The molecule has 0 aliphatic carbocycles. The largest absolute Gasteiger partial charge is 0.359 e. The Morgan fingerprint density at radius 1 is 1.46 bits per heavy atom. The minimum absolute atomic E-state index is 0.00229. The van der Waals surface area contributed by atoms with Gasteiger partial charge in [-0.1, -0.05) is 6.92 Å². The summed E-state index contributed by atoms with van der Waals surface area (Å²) in [4.78, 5) is 20.7. The Bertz CT molecular complexity index is 606. The fraction of sp³-hybridized carbons (Fsp3) is 0.750. The lowest BCUT2D eigenvalue weighted by molar-refractivity contribution is -0.128. The first-order chi connectivity index (χ1) is 11.4. The highest BCUT2D eigenvalue weighted by Crippen LogP contribution is 2.14. The molecule has 8 nitrogen and oxygen atoms in total. The molecule has 0 bridgehead atoms. The summed E-state index contributed by atoms with van der Waals surface area (Å²) < 4.78 is 1.99. The number of nitrogens with one attached hydrogen (secondary N) is 3. The van der Waals surface area contributed by atoms with E-state index in [-0.39, 0.29) is 11.9 Å². The minimum atomic E-state index is -0.506. The zero-order valence-electron chi connectivity index (χ0n) is 15.3. The molecule has 1 aliphatic heterocycles. The summed E-state index contributed by atoms with van der Waals surface area (Å²) in [6.07, 6.45) is 2.75. The summed E-state index contributed by atoms with van der Waals surface area (Å²) in [5.74, 6) is 2.67. The number of aryl methyl sites for hydroxylation is 2. The molecule has 0 spiro atoms. The van der Waals surface area contributed by atoms with Gasteiger partial charge in [-0.25, -0.2) is 9.67 Å².